The molecule has 1 unspecified atom stereocenters. The first-order valence-electron chi connectivity index (χ1n) is 6.10. The highest BCUT2D eigenvalue weighted by Gasteiger charge is 2.18. The van der Waals surface area contributed by atoms with Gasteiger partial charge < -0.3 is 19.1 Å². The molecule has 2 heterocycles. The summed E-state index contributed by atoms with van der Waals surface area (Å²) >= 11 is 0. The zero-order chi connectivity index (χ0) is 15.6. The van der Waals surface area contributed by atoms with E-state index in [0.717, 1.165) is 0 Å². The lowest BCUT2D eigenvalue weighted by Crippen LogP contribution is -2.23. The molecule has 0 fully saturated rings. The van der Waals surface area contributed by atoms with Crippen molar-refractivity contribution in [3.63, 3.8) is 0 Å². The molecule has 0 radical (unpaired) electrons. The van der Waals surface area contributed by atoms with Gasteiger partial charge in [0.25, 0.3) is 5.56 Å². The molecule has 0 amide bonds. The number of imidazole rings is 1. The van der Waals surface area contributed by atoms with Gasteiger partial charge in [-0.15, -0.1) is 0 Å². The number of aromatic amines is 2. The highest BCUT2D eigenvalue weighted by Crippen LogP contribution is 2.35. The van der Waals surface area contributed by atoms with Gasteiger partial charge in [-0.2, -0.15) is 0 Å². The molecule has 2 aromatic heterocycles. The third-order valence-corrected chi connectivity index (χ3v) is 3.73. The zero-order valence-electron chi connectivity index (χ0n) is 11.1. The predicted molar refractivity (Wildman–Crippen MR) is 73.3 cm³/mol. The quantitative estimate of drug-likeness (QED) is 0.498. The van der Waals surface area contributed by atoms with Gasteiger partial charge in [0, 0.05) is 6.54 Å². The number of H-pyrrole nitrogens is 2. The van der Waals surface area contributed by atoms with Crippen LogP contribution in [-0.2, 0) is 15.8 Å². The van der Waals surface area contributed by atoms with Gasteiger partial charge in [-0.1, -0.05) is 0 Å². The van der Waals surface area contributed by atoms with Crippen LogP contribution in [0, 0.1) is 0 Å². The van der Waals surface area contributed by atoms with Crippen LogP contribution in [0.3, 0.4) is 0 Å². The van der Waals surface area contributed by atoms with Gasteiger partial charge >= 0.3 is 13.3 Å². The van der Waals surface area contributed by atoms with Gasteiger partial charge in [-0.3, -0.25) is 19.3 Å². The van der Waals surface area contributed by atoms with Gasteiger partial charge in [0.15, 0.2) is 5.52 Å². The second-order valence-electron chi connectivity index (χ2n) is 4.57. The van der Waals surface area contributed by atoms with Crippen molar-refractivity contribution in [2.45, 2.75) is 19.6 Å². The lowest BCUT2D eigenvalue weighted by Gasteiger charge is -2.14. The molecule has 10 nitrogen and oxygen atoms in total. The maximum absolute atomic E-state index is 11.5. The van der Waals surface area contributed by atoms with E-state index in [1.165, 1.54) is 10.9 Å². The van der Waals surface area contributed by atoms with E-state index < -0.39 is 24.9 Å². The fourth-order valence-corrected chi connectivity index (χ4v) is 2.67. The molecule has 2 aromatic rings. The van der Waals surface area contributed by atoms with Crippen molar-refractivity contribution >= 4 is 18.8 Å². The molecule has 4 N–H and O–H groups in total. The van der Waals surface area contributed by atoms with Crippen molar-refractivity contribution in [1.29, 1.82) is 0 Å². The Kier molecular flexibility index (Phi) is 4.43. The largest absolute Gasteiger partial charge is 0.376 e. The van der Waals surface area contributed by atoms with Crippen molar-refractivity contribution < 1.29 is 19.1 Å². The molecule has 0 saturated heterocycles. The minimum Gasteiger partial charge on any atom is -0.376 e. The number of hydrogen-bond donors (Lipinski definition) is 4. The first-order chi connectivity index (χ1) is 9.76. The Bertz CT molecular complexity index is 787. The van der Waals surface area contributed by atoms with Gasteiger partial charge in [-0.25, -0.2) is 9.78 Å². The third kappa shape index (κ3) is 4.11. The number of ether oxygens (including phenoxy) is 1. The smallest absolute Gasteiger partial charge is 0.328 e. The van der Waals surface area contributed by atoms with E-state index in [-0.39, 0.29) is 30.5 Å². The van der Waals surface area contributed by atoms with Crippen molar-refractivity contribution in [2.24, 2.45) is 0 Å². The second-order valence-corrected chi connectivity index (χ2v) is 6.27. The van der Waals surface area contributed by atoms with Crippen LogP contribution < -0.4 is 11.2 Å². The first-order valence-corrected chi connectivity index (χ1v) is 7.89. The van der Waals surface area contributed by atoms with E-state index >= 15 is 0 Å². The summed E-state index contributed by atoms with van der Waals surface area (Å²) in [4.78, 5) is 48.7. The summed E-state index contributed by atoms with van der Waals surface area (Å²) in [5, 5.41) is 0. The first kappa shape index (κ1) is 15.6. The van der Waals surface area contributed by atoms with Gasteiger partial charge in [0.1, 0.15) is 5.65 Å². The number of hydrogen-bond acceptors (Lipinski definition) is 5. The number of fused-ring (bicyclic) bond motifs is 1. The van der Waals surface area contributed by atoms with Gasteiger partial charge in [0.05, 0.1) is 25.2 Å². The molecule has 0 aliphatic heterocycles. The normalized spacial score (nSPS) is 13.7. The Labute approximate surface area is 118 Å². The fourth-order valence-electron chi connectivity index (χ4n) is 1.89. The molecule has 0 spiro atoms. The van der Waals surface area contributed by atoms with Crippen LogP contribution in [0.25, 0.3) is 11.2 Å². The molecule has 0 aliphatic carbocycles. The predicted octanol–water partition coefficient (Wildman–Crippen LogP) is -1.00. The van der Waals surface area contributed by atoms with Crippen LogP contribution in [0.15, 0.2) is 15.9 Å². The Morgan fingerprint density at radius 1 is 1.43 bits per heavy atom. The molecule has 21 heavy (non-hydrogen) atoms. The van der Waals surface area contributed by atoms with E-state index in [1.807, 2.05) is 0 Å². The van der Waals surface area contributed by atoms with Crippen molar-refractivity contribution in [3.05, 3.63) is 27.2 Å². The van der Waals surface area contributed by atoms with Crippen LogP contribution in [0.5, 0.6) is 0 Å². The summed E-state index contributed by atoms with van der Waals surface area (Å²) in [5.74, 6) is 0. The molecule has 116 valence electrons. The number of aromatic nitrogens is 4. The average molecular weight is 318 g/mol. The van der Waals surface area contributed by atoms with E-state index in [1.54, 1.807) is 6.92 Å². The number of nitrogens with zero attached hydrogens (tertiary/aromatic N) is 2. The van der Waals surface area contributed by atoms with E-state index in [9.17, 15) is 14.2 Å². The molecule has 0 aliphatic rings. The molecule has 0 aromatic carbocycles. The van der Waals surface area contributed by atoms with E-state index in [2.05, 4.69) is 15.0 Å². The Morgan fingerprint density at radius 2 is 2.14 bits per heavy atom. The summed E-state index contributed by atoms with van der Waals surface area (Å²) in [6, 6.07) is 0. The number of rotatable bonds is 6. The number of nitrogens with one attached hydrogen (secondary N) is 2. The lowest BCUT2D eigenvalue weighted by atomic mass is 10.5. The topological polar surface area (TPSA) is 150 Å². The summed E-state index contributed by atoms with van der Waals surface area (Å²) in [7, 11) is -4.11. The van der Waals surface area contributed by atoms with Gasteiger partial charge in [0.2, 0.25) is 0 Å². The van der Waals surface area contributed by atoms with Gasteiger partial charge in [-0.05, 0) is 6.92 Å². The summed E-state index contributed by atoms with van der Waals surface area (Å²) in [6.45, 7) is 1.99. The Hall–Kier alpha value is -1.74. The maximum atomic E-state index is 11.5. The average Bonchev–Trinajstić information content (AvgIpc) is 2.70. The molecule has 11 heteroatoms. The molecular formula is C10H15N4O6P. The minimum atomic E-state index is -4.11. The molecule has 2 rings (SSSR count). The third-order valence-electron chi connectivity index (χ3n) is 2.74. The highest BCUT2D eigenvalue weighted by atomic mass is 31.2. The molecule has 1 atom stereocenters. The van der Waals surface area contributed by atoms with Crippen LogP contribution in [0.1, 0.15) is 6.92 Å². The SMILES string of the molecule is CC(CP(=O)(O)O)OCCn1cnc2c(=O)[nH]c(=O)[nH]c21. The standard InChI is InChI=1S/C10H15N4O6P/c1-6(4-21(17,18)19)20-3-2-14-5-11-7-8(14)12-10(16)13-9(7)15/h5-6H,2-4H2,1H3,(H2,17,18,19)(H2,12,13,15,16). The zero-order valence-corrected chi connectivity index (χ0v) is 12.0. The fraction of sp³-hybridized carbons (Fsp3) is 0.500. The van der Waals surface area contributed by atoms with E-state index in [0.29, 0.717) is 0 Å². The molecule has 0 saturated carbocycles. The van der Waals surface area contributed by atoms with Crippen molar-refractivity contribution in [1.82, 2.24) is 19.5 Å². The maximum Gasteiger partial charge on any atom is 0.328 e. The highest BCUT2D eigenvalue weighted by molar-refractivity contribution is 7.51. The summed E-state index contributed by atoms with van der Waals surface area (Å²) in [6.07, 6.45) is 0.407. The van der Waals surface area contributed by atoms with Crippen LogP contribution >= 0.6 is 7.60 Å². The van der Waals surface area contributed by atoms with E-state index in [4.69, 9.17) is 14.5 Å². The van der Waals surface area contributed by atoms with Crippen LogP contribution in [0.4, 0.5) is 0 Å². The van der Waals surface area contributed by atoms with Crippen LogP contribution in [0.2, 0.25) is 0 Å². The summed E-state index contributed by atoms with van der Waals surface area (Å²) < 4.78 is 17.6. The minimum absolute atomic E-state index is 0.109. The Balaban J connectivity index is 2.03. The lowest BCUT2D eigenvalue weighted by molar-refractivity contribution is 0.0720. The van der Waals surface area contributed by atoms with Crippen molar-refractivity contribution in [3.8, 4) is 0 Å². The summed E-state index contributed by atoms with van der Waals surface area (Å²) in [5.41, 5.74) is -0.832. The second kappa shape index (κ2) is 5.94. The van der Waals surface area contributed by atoms with Crippen molar-refractivity contribution in [2.75, 3.05) is 12.8 Å². The van der Waals surface area contributed by atoms with Crippen LogP contribution in [-0.4, -0.2) is 48.2 Å². The molecule has 0 bridgehead atoms. The molecular weight excluding hydrogens is 303 g/mol. The Morgan fingerprint density at radius 3 is 2.81 bits per heavy atom. The monoisotopic (exact) mass is 318 g/mol.